The number of esters is 3. The zero-order chi connectivity index (χ0) is 57.1. The van der Waals surface area contributed by atoms with Crippen molar-refractivity contribution in [3.05, 3.63) is 12.2 Å². The summed E-state index contributed by atoms with van der Waals surface area (Å²) in [4.78, 5) is 38.2. The Labute approximate surface area is 494 Å². The maximum atomic E-state index is 12.9. The number of rotatable bonds is 68. The van der Waals surface area contributed by atoms with Crippen molar-refractivity contribution in [2.75, 3.05) is 13.2 Å². The summed E-state index contributed by atoms with van der Waals surface area (Å²) < 4.78 is 16.9. The number of hydrogen-bond donors (Lipinski definition) is 0. The number of allylic oxidation sites excluding steroid dienone is 2. The lowest BCUT2D eigenvalue weighted by Crippen LogP contribution is -2.30. The fraction of sp³-hybridized carbons (Fsp3) is 0.932. The largest absolute Gasteiger partial charge is 0.462 e. The van der Waals surface area contributed by atoms with Crippen LogP contribution in [-0.4, -0.2) is 37.2 Å². The van der Waals surface area contributed by atoms with E-state index in [2.05, 4.69) is 32.9 Å². The lowest BCUT2D eigenvalue weighted by Gasteiger charge is -2.18. The van der Waals surface area contributed by atoms with E-state index in [9.17, 15) is 14.4 Å². The predicted molar refractivity (Wildman–Crippen MR) is 344 cm³/mol. The SMILES string of the molecule is CCCCCCCCCC/C=C\CCCCCCCCCCCCCCCCCC(=O)OCC(COC(=O)CCCCCCCCC)OC(=O)CCCCCCCCCCCCCCCCCCCCCCCCCCCCC. The van der Waals surface area contributed by atoms with Crippen LogP contribution in [0.2, 0.25) is 0 Å². The van der Waals surface area contributed by atoms with Gasteiger partial charge in [-0.15, -0.1) is 0 Å². The summed E-state index contributed by atoms with van der Waals surface area (Å²) >= 11 is 0. The Morgan fingerprint density at radius 3 is 0.633 bits per heavy atom. The Morgan fingerprint density at radius 2 is 0.418 bits per heavy atom. The highest BCUT2D eigenvalue weighted by molar-refractivity contribution is 5.71. The Hall–Kier alpha value is -1.85. The molecular formula is C73H140O6. The van der Waals surface area contributed by atoms with Gasteiger partial charge in [0.15, 0.2) is 6.10 Å². The van der Waals surface area contributed by atoms with Gasteiger partial charge in [0.25, 0.3) is 0 Å². The molecule has 0 aromatic carbocycles. The number of ether oxygens (including phenoxy) is 3. The summed E-state index contributed by atoms with van der Waals surface area (Å²) in [6.07, 6.45) is 82.9. The molecule has 1 unspecified atom stereocenters. The number of carbonyl (C=O) groups is 3. The molecule has 0 aliphatic heterocycles. The molecule has 1 atom stereocenters. The van der Waals surface area contributed by atoms with Crippen LogP contribution in [0.25, 0.3) is 0 Å². The first-order valence-electron chi connectivity index (χ1n) is 36.2. The van der Waals surface area contributed by atoms with Gasteiger partial charge in [0.1, 0.15) is 13.2 Å². The molecule has 0 aromatic heterocycles. The van der Waals surface area contributed by atoms with Gasteiger partial charge in [-0.1, -0.05) is 367 Å². The molecule has 0 radical (unpaired) electrons. The number of hydrogen-bond acceptors (Lipinski definition) is 6. The monoisotopic (exact) mass is 1110 g/mol. The molecule has 0 saturated carbocycles. The third-order valence-corrected chi connectivity index (χ3v) is 16.8. The molecule has 0 aliphatic carbocycles. The van der Waals surface area contributed by atoms with E-state index in [1.807, 2.05) is 0 Å². The third kappa shape index (κ3) is 66.8. The van der Waals surface area contributed by atoms with Crippen molar-refractivity contribution in [2.24, 2.45) is 0 Å². The molecule has 0 spiro atoms. The molecule has 0 rings (SSSR count). The highest BCUT2D eigenvalue weighted by Gasteiger charge is 2.19. The van der Waals surface area contributed by atoms with Gasteiger partial charge in [-0.2, -0.15) is 0 Å². The lowest BCUT2D eigenvalue weighted by molar-refractivity contribution is -0.167. The zero-order valence-corrected chi connectivity index (χ0v) is 53.9. The van der Waals surface area contributed by atoms with Crippen LogP contribution in [0.4, 0.5) is 0 Å². The van der Waals surface area contributed by atoms with Crippen LogP contribution >= 0.6 is 0 Å². The van der Waals surface area contributed by atoms with Crippen LogP contribution in [0.1, 0.15) is 419 Å². The molecule has 0 fully saturated rings. The van der Waals surface area contributed by atoms with E-state index in [0.29, 0.717) is 19.3 Å². The molecule has 0 N–H and O–H groups in total. The standard InChI is InChI=1S/C73H140O6/c1-4-7-10-13-16-18-20-22-24-26-28-30-32-34-36-38-40-42-44-46-48-50-52-54-57-60-63-66-72(75)78-69-70(68-77-71(74)65-62-59-56-15-12-9-6-3)79-73(76)67-64-61-58-55-53-51-49-47-45-43-41-39-37-35-33-31-29-27-25-23-21-19-17-14-11-8-5-2/h26,28,70H,4-25,27,29-69H2,1-3H3/b28-26-. The Morgan fingerprint density at radius 1 is 0.241 bits per heavy atom. The molecule has 0 saturated heterocycles. The van der Waals surface area contributed by atoms with Crippen LogP contribution in [0, 0.1) is 0 Å². The Kier molecular flexibility index (Phi) is 67.0. The zero-order valence-electron chi connectivity index (χ0n) is 53.9. The maximum Gasteiger partial charge on any atom is 0.306 e. The molecule has 468 valence electrons. The van der Waals surface area contributed by atoms with E-state index in [1.54, 1.807) is 0 Å². The predicted octanol–water partition coefficient (Wildman–Crippen LogP) is 24.8. The van der Waals surface area contributed by atoms with Gasteiger partial charge in [-0.3, -0.25) is 14.4 Å². The van der Waals surface area contributed by atoms with Crippen molar-refractivity contribution in [3.8, 4) is 0 Å². The summed E-state index contributed by atoms with van der Waals surface area (Å²) in [6.45, 7) is 6.68. The molecule has 0 aromatic rings. The van der Waals surface area contributed by atoms with Crippen molar-refractivity contribution >= 4 is 17.9 Å². The van der Waals surface area contributed by atoms with Crippen molar-refractivity contribution in [1.82, 2.24) is 0 Å². The van der Waals surface area contributed by atoms with Crippen LogP contribution < -0.4 is 0 Å². The van der Waals surface area contributed by atoms with Crippen LogP contribution in [0.15, 0.2) is 12.2 Å². The minimum absolute atomic E-state index is 0.0634. The molecule has 0 aliphatic rings. The first kappa shape index (κ1) is 77.2. The van der Waals surface area contributed by atoms with Gasteiger partial charge in [0.05, 0.1) is 0 Å². The van der Waals surface area contributed by atoms with Gasteiger partial charge in [0.2, 0.25) is 0 Å². The highest BCUT2D eigenvalue weighted by atomic mass is 16.6. The Balaban J connectivity index is 3.99. The molecular weight excluding hydrogens is 973 g/mol. The van der Waals surface area contributed by atoms with Crippen molar-refractivity contribution in [1.29, 1.82) is 0 Å². The van der Waals surface area contributed by atoms with E-state index in [4.69, 9.17) is 14.2 Å². The van der Waals surface area contributed by atoms with Crippen molar-refractivity contribution < 1.29 is 28.6 Å². The summed E-state index contributed by atoms with van der Waals surface area (Å²) in [6, 6.07) is 0. The molecule has 0 amide bonds. The van der Waals surface area contributed by atoms with E-state index in [0.717, 1.165) is 57.8 Å². The lowest BCUT2D eigenvalue weighted by atomic mass is 10.0. The molecule has 79 heavy (non-hydrogen) atoms. The summed E-state index contributed by atoms with van der Waals surface area (Å²) in [7, 11) is 0. The van der Waals surface area contributed by atoms with Gasteiger partial charge < -0.3 is 14.2 Å². The first-order valence-corrected chi connectivity index (χ1v) is 36.2. The summed E-state index contributed by atoms with van der Waals surface area (Å²) in [5.41, 5.74) is 0. The van der Waals surface area contributed by atoms with E-state index < -0.39 is 6.10 Å². The van der Waals surface area contributed by atoms with Crippen molar-refractivity contribution in [3.63, 3.8) is 0 Å². The topological polar surface area (TPSA) is 78.9 Å². The van der Waals surface area contributed by atoms with Crippen LogP contribution in [0.3, 0.4) is 0 Å². The highest BCUT2D eigenvalue weighted by Crippen LogP contribution is 2.19. The van der Waals surface area contributed by atoms with E-state index in [1.165, 1.54) is 321 Å². The molecule has 0 heterocycles. The summed E-state index contributed by atoms with van der Waals surface area (Å²) in [5, 5.41) is 0. The quantitative estimate of drug-likeness (QED) is 0.0261. The molecule has 6 nitrogen and oxygen atoms in total. The fourth-order valence-electron chi connectivity index (χ4n) is 11.3. The number of carbonyl (C=O) groups excluding carboxylic acids is 3. The second kappa shape index (κ2) is 68.6. The second-order valence-electron chi connectivity index (χ2n) is 24.9. The minimum atomic E-state index is -0.764. The van der Waals surface area contributed by atoms with Gasteiger partial charge in [0, 0.05) is 19.3 Å². The first-order chi connectivity index (χ1) is 39.0. The smallest absolute Gasteiger partial charge is 0.306 e. The number of unbranched alkanes of at least 4 members (excludes halogenated alkanes) is 55. The molecule has 0 bridgehead atoms. The van der Waals surface area contributed by atoms with Gasteiger partial charge in [-0.25, -0.2) is 0 Å². The van der Waals surface area contributed by atoms with Crippen molar-refractivity contribution in [2.45, 2.75) is 425 Å². The Bertz CT molecular complexity index is 1230. The van der Waals surface area contributed by atoms with E-state index >= 15 is 0 Å². The van der Waals surface area contributed by atoms with E-state index in [-0.39, 0.29) is 31.1 Å². The van der Waals surface area contributed by atoms with Gasteiger partial charge in [-0.05, 0) is 44.9 Å². The van der Waals surface area contributed by atoms with Gasteiger partial charge >= 0.3 is 17.9 Å². The average molecular weight is 1110 g/mol. The minimum Gasteiger partial charge on any atom is -0.462 e. The van der Waals surface area contributed by atoms with Crippen LogP contribution in [-0.2, 0) is 28.6 Å². The second-order valence-corrected chi connectivity index (χ2v) is 24.9. The maximum absolute atomic E-state index is 12.9. The average Bonchev–Trinajstić information content (AvgIpc) is 3.45. The third-order valence-electron chi connectivity index (χ3n) is 16.8. The normalized spacial score (nSPS) is 12.0. The van der Waals surface area contributed by atoms with Crippen LogP contribution in [0.5, 0.6) is 0 Å². The fourth-order valence-corrected chi connectivity index (χ4v) is 11.3. The molecule has 6 heteroatoms. The summed E-state index contributed by atoms with van der Waals surface area (Å²) in [5.74, 6) is -0.837.